The standard InChI is InChI=1S/C19H30F3N3O3/c1-15-6-7-16(17(12-15)28-11-5-9-26-3)13-25-18(23-2)24-8-4-10-27-14-19(20,21)22/h6-7,12H,4-5,8-11,13-14H2,1-3H3,(H2,23,24,25). The zero-order valence-electron chi connectivity index (χ0n) is 16.7. The van der Waals surface area contributed by atoms with Gasteiger partial charge in [-0.1, -0.05) is 12.1 Å². The highest BCUT2D eigenvalue weighted by Gasteiger charge is 2.27. The highest BCUT2D eigenvalue weighted by molar-refractivity contribution is 5.79. The molecule has 0 amide bonds. The lowest BCUT2D eigenvalue weighted by molar-refractivity contribution is -0.173. The van der Waals surface area contributed by atoms with Crippen molar-refractivity contribution in [3.63, 3.8) is 0 Å². The van der Waals surface area contributed by atoms with Crippen molar-refractivity contribution in [3.05, 3.63) is 29.3 Å². The maximum absolute atomic E-state index is 12.0. The minimum absolute atomic E-state index is 0.0287. The van der Waals surface area contributed by atoms with Crippen LogP contribution >= 0.6 is 0 Å². The van der Waals surface area contributed by atoms with Crippen LogP contribution in [0.3, 0.4) is 0 Å². The van der Waals surface area contributed by atoms with E-state index < -0.39 is 12.8 Å². The third-order valence-corrected chi connectivity index (χ3v) is 3.67. The molecule has 0 aliphatic rings. The van der Waals surface area contributed by atoms with E-state index in [1.165, 1.54) is 0 Å². The Kier molecular flexibility index (Phi) is 11.4. The van der Waals surface area contributed by atoms with Gasteiger partial charge in [0.25, 0.3) is 0 Å². The number of hydrogen-bond acceptors (Lipinski definition) is 4. The van der Waals surface area contributed by atoms with Gasteiger partial charge in [-0.2, -0.15) is 13.2 Å². The number of alkyl halides is 3. The maximum Gasteiger partial charge on any atom is 0.411 e. The van der Waals surface area contributed by atoms with Crippen molar-refractivity contribution < 1.29 is 27.4 Å². The van der Waals surface area contributed by atoms with Crippen LogP contribution in [0.4, 0.5) is 13.2 Å². The smallest absolute Gasteiger partial charge is 0.411 e. The number of halogens is 3. The Balaban J connectivity index is 2.39. The van der Waals surface area contributed by atoms with Gasteiger partial charge < -0.3 is 24.8 Å². The zero-order valence-corrected chi connectivity index (χ0v) is 16.7. The number of benzene rings is 1. The summed E-state index contributed by atoms with van der Waals surface area (Å²) in [6.45, 7) is 2.97. The van der Waals surface area contributed by atoms with Crippen LogP contribution < -0.4 is 15.4 Å². The van der Waals surface area contributed by atoms with E-state index in [0.29, 0.717) is 38.7 Å². The minimum Gasteiger partial charge on any atom is -0.493 e. The van der Waals surface area contributed by atoms with Crippen molar-refractivity contribution in [2.24, 2.45) is 4.99 Å². The van der Waals surface area contributed by atoms with Gasteiger partial charge in [0.2, 0.25) is 0 Å². The predicted octanol–water partition coefficient (Wildman–Crippen LogP) is 3.04. The van der Waals surface area contributed by atoms with Crippen LogP contribution in [0.1, 0.15) is 24.0 Å². The Hall–Kier alpha value is -2.00. The molecule has 0 heterocycles. The Bertz CT molecular complexity index is 596. The molecule has 0 spiro atoms. The van der Waals surface area contributed by atoms with Crippen LogP contribution in [0.5, 0.6) is 5.75 Å². The average Bonchev–Trinajstić information content (AvgIpc) is 2.64. The molecule has 0 bridgehead atoms. The summed E-state index contributed by atoms with van der Waals surface area (Å²) in [7, 11) is 3.29. The third-order valence-electron chi connectivity index (χ3n) is 3.67. The molecule has 1 aromatic rings. The molecule has 1 aromatic carbocycles. The molecule has 0 aliphatic carbocycles. The highest BCUT2D eigenvalue weighted by atomic mass is 19.4. The SMILES string of the molecule is CN=C(NCCCOCC(F)(F)F)NCc1ccc(C)cc1OCCCOC. The average molecular weight is 405 g/mol. The van der Waals surface area contributed by atoms with E-state index in [2.05, 4.69) is 20.4 Å². The van der Waals surface area contributed by atoms with E-state index in [0.717, 1.165) is 23.3 Å². The van der Waals surface area contributed by atoms with Gasteiger partial charge in [-0.25, -0.2) is 0 Å². The predicted molar refractivity (Wildman–Crippen MR) is 103 cm³/mol. The first-order chi connectivity index (χ1) is 13.4. The van der Waals surface area contributed by atoms with Crippen molar-refractivity contribution in [1.82, 2.24) is 10.6 Å². The Morgan fingerprint density at radius 3 is 2.57 bits per heavy atom. The lowest BCUT2D eigenvalue weighted by Gasteiger charge is -2.15. The lowest BCUT2D eigenvalue weighted by Crippen LogP contribution is -2.37. The lowest BCUT2D eigenvalue weighted by atomic mass is 10.1. The molecule has 0 aromatic heterocycles. The number of nitrogens with zero attached hydrogens (tertiary/aromatic N) is 1. The summed E-state index contributed by atoms with van der Waals surface area (Å²) in [5.74, 6) is 1.36. The monoisotopic (exact) mass is 405 g/mol. The summed E-state index contributed by atoms with van der Waals surface area (Å²) in [6.07, 6.45) is -3.05. The summed E-state index contributed by atoms with van der Waals surface area (Å²) in [6, 6.07) is 5.98. The third kappa shape index (κ3) is 11.0. The fourth-order valence-electron chi connectivity index (χ4n) is 2.30. The van der Waals surface area contributed by atoms with Gasteiger partial charge in [0.15, 0.2) is 5.96 Å². The number of methoxy groups -OCH3 is 1. The number of guanidine groups is 1. The van der Waals surface area contributed by atoms with Crippen molar-refractivity contribution in [2.75, 3.05) is 47.1 Å². The number of aryl methyl sites for hydroxylation is 1. The molecule has 0 aliphatic heterocycles. The molecular weight excluding hydrogens is 375 g/mol. The van der Waals surface area contributed by atoms with Crippen LogP contribution in [0.25, 0.3) is 0 Å². The normalized spacial score (nSPS) is 12.1. The van der Waals surface area contributed by atoms with Crippen molar-refractivity contribution >= 4 is 5.96 Å². The minimum atomic E-state index is -4.29. The quantitative estimate of drug-likeness (QED) is 0.318. The fraction of sp³-hybridized carbons (Fsp3) is 0.632. The first-order valence-corrected chi connectivity index (χ1v) is 9.16. The largest absolute Gasteiger partial charge is 0.493 e. The van der Waals surface area contributed by atoms with Crippen LogP contribution in [-0.2, 0) is 16.0 Å². The van der Waals surface area contributed by atoms with E-state index in [-0.39, 0.29) is 6.61 Å². The molecule has 160 valence electrons. The zero-order chi connectivity index (χ0) is 20.8. The van der Waals surface area contributed by atoms with Crippen LogP contribution in [0.15, 0.2) is 23.2 Å². The van der Waals surface area contributed by atoms with Gasteiger partial charge >= 0.3 is 6.18 Å². The molecule has 0 atom stereocenters. The number of ether oxygens (including phenoxy) is 3. The van der Waals surface area contributed by atoms with Crippen molar-refractivity contribution in [3.8, 4) is 5.75 Å². The van der Waals surface area contributed by atoms with Gasteiger partial charge in [0, 0.05) is 52.4 Å². The summed E-state index contributed by atoms with van der Waals surface area (Å²) >= 11 is 0. The van der Waals surface area contributed by atoms with Crippen molar-refractivity contribution in [2.45, 2.75) is 32.5 Å². The molecule has 6 nitrogen and oxygen atoms in total. The summed E-state index contributed by atoms with van der Waals surface area (Å²) in [5.41, 5.74) is 2.09. The Labute approximate surface area is 164 Å². The number of hydrogen-bond donors (Lipinski definition) is 2. The van der Waals surface area contributed by atoms with Gasteiger partial charge in [-0.05, 0) is 25.0 Å². The second-order valence-electron chi connectivity index (χ2n) is 6.18. The molecule has 9 heteroatoms. The van der Waals surface area contributed by atoms with E-state index in [4.69, 9.17) is 9.47 Å². The van der Waals surface area contributed by atoms with Crippen LogP contribution in [-0.4, -0.2) is 59.3 Å². The maximum atomic E-state index is 12.0. The van der Waals surface area contributed by atoms with Crippen LogP contribution in [0, 0.1) is 6.92 Å². The Morgan fingerprint density at radius 2 is 1.89 bits per heavy atom. The Morgan fingerprint density at radius 1 is 1.11 bits per heavy atom. The summed E-state index contributed by atoms with van der Waals surface area (Å²) in [4.78, 5) is 4.11. The topological polar surface area (TPSA) is 64.1 Å². The van der Waals surface area contributed by atoms with E-state index in [1.807, 2.05) is 25.1 Å². The first-order valence-electron chi connectivity index (χ1n) is 9.16. The molecule has 0 saturated heterocycles. The summed E-state index contributed by atoms with van der Waals surface area (Å²) < 4.78 is 51.4. The molecule has 0 radical (unpaired) electrons. The van der Waals surface area contributed by atoms with E-state index in [9.17, 15) is 13.2 Å². The van der Waals surface area contributed by atoms with Crippen molar-refractivity contribution in [1.29, 1.82) is 0 Å². The van der Waals surface area contributed by atoms with E-state index in [1.54, 1.807) is 14.2 Å². The molecule has 0 saturated carbocycles. The van der Waals surface area contributed by atoms with Gasteiger partial charge in [-0.15, -0.1) is 0 Å². The van der Waals surface area contributed by atoms with Gasteiger partial charge in [0.05, 0.1) is 6.61 Å². The van der Waals surface area contributed by atoms with Gasteiger partial charge in [-0.3, -0.25) is 4.99 Å². The van der Waals surface area contributed by atoms with Crippen LogP contribution in [0.2, 0.25) is 0 Å². The molecule has 0 fully saturated rings. The fourth-order valence-corrected chi connectivity index (χ4v) is 2.30. The molecule has 0 unspecified atom stereocenters. The number of aliphatic imine (C=N–C) groups is 1. The van der Waals surface area contributed by atoms with E-state index >= 15 is 0 Å². The highest BCUT2D eigenvalue weighted by Crippen LogP contribution is 2.20. The summed E-state index contributed by atoms with van der Waals surface area (Å²) in [5, 5.41) is 6.22. The number of rotatable bonds is 12. The second-order valence-corrected chi connectivity index (χ2v) is 6.18. The molecule has 28 heavy (non-hydrogen) atoms. The molecule has 2 N–H and O–H groups in total. The second kappa shape index (κ2) is 13.2. The molecule has 1 rings (SSSR count). The molecular formula is C19H30F3N3O3. The number of nitrogens with one attached hydrogen (secondary N) is 2. The van der Waals surface area contributed by atoms with Gasteiger partial charge in [0.1, 0.15) is 12.4 Å². The first kappa shape index (κ1) is 24.0.